The van der Waals surface area contributed by atoms with E-state index in [1.807, 2.05) is 24.3 Å². The maximum atomic E-state index is 13.3. The molecule has 5 nitrogen and oxygen atoms in total. The Balaban J connectivity index is 1.68. The SMILES string of the molecule is O=C(c1ccc(Cl)c(S(=O)(=O)N2CCCCCC2)c1)N1CCCc2ccccc21. The summed E-state index contributed by atoms with van der Waals surface area (Å²) in [5.74, 6) is -0.193. The van der Waals surface area contributed by atoms with Crippen LogP contribution in [0.1, 0.15) is 48.0 Å². The van der Waals surface area contributed by atoms with Gasteiger partial charge in [0.25, 0.3) is 5.91 Å². The van der Waals surface area contributed by atoms with Crippen molar-refractivity contribution < 1.29 is 13.2 Å². The predicted octanol–water partition coefficient (Wildman–Crippen LogP) is 4.50. The summed E-state index contributed by atoms with van der Waals surface area (Å²) in [5, 5.41) is 0.157. The molecule has 1 amide bonds. The first-order valence-corrected chi connectivity index (χ1v) is 12.0. The van der Waals surface area contributed by atoms with Crippen LogP contribution in [0.3, 0.4) is 0 Å². The second-order valence-corrected chi connectivity index (χ2v) is 9.97. The molecule has 1 saturated heterocycles. The normalized spacial score (nSPS) is 18.2. The third-order valence-corrected chi connectivity index (χ3v) is 8.10. The number of halogens is 1. The van der Waals surface area contributed by atoms with Crippen molar-refractivity contribution in [3.05, 3.63) is 58.6 Å². The summed E-state index contributed by atoms with van der Waals surface area (Å²) >= 11 is 6.28. The first-order chi connectivity index (χ1) is 14.0. The monoisotopic (exact) mass is 432 g/mol. The van der Waals surface area contributed by atoms with E-state index >= 15 is 0 Å². The molecule has 7 heteroatoms. The van der Waals surface area contributed by atoms with Crippen LogP contribution in [0.4, 0.5) is 5.69 Å². The molecule has 0 spiro atoms. The largest absolute Gasteiger partial charge is 0.308 e. The van der Waals surface area contributed by atoms with Gasteiger partial charge in [-0.15, -0.1) is 0 Å². The van der Waals surface area contributed by atoms with Crippen molar-refractivity contribution in [2.75, 3.05) is 24.5 Å². The third kappa shape index (κ3) is 4.06. The Morgan fingerprint density at radius 2 is 1.62 bits per heavy atom. The molecule has 0 atom stereocenters. The van der Waals surface area contributed by atoms with Crippen molar-refractivity contribution in [3.8, 4) is 0 Å². The van der Waals surface area contributed by atoms with Crippen molar-refractivity contribution in [2.24, 2.45) is 0 Å². The van der Waals surface area contributed by atoms with Gasteiger partial charge in [0.2, 0.25) is 10.0 Å². The number of carbonyl (C=O) groups excluding carboxylic acids is 1. The Morgan fingerprint density at radius 1 is 0.897 bits per heavy atom. The molecule has 154 valence electrons. The molecule has 2 aromatic rings. The van der Waals surface area contributed by atoms with E-state index in [1.165, 1.54) is 16.4 Å². The molecule has 0 aliphatic carbocycles. The molecule has 2 heterocycles. The molecule has 4 rings (SSSR count). The van der Waals surface area contributed by atoms with Crippen LogP contribution < -0.4 is 4.90 Å². The molecule has 0 unspecified atom stereocenters. The molecule has 0 N–H and O–H groups in total. The van der Waals surface area contributed by atoms with Crippen molar-refractivity contribution in [2.45, 2.75) is 43.4 Å². The average Bonchev–Trinajstić information content (AvgIpc) is 3.03. The number of benzene rings is 2. The van der Waals surface area contributed by atoms with E-state index in [-0.39, 0.29) is 15.8 Å². The van der Waals surface area contributed by atoms with Crippen LogP contribution in [0.25, 0.3) is 0 Å². The van der Waals surface area contributed by atoms with E-state index in [0.717, 1.165) is 49.8 Å². The van der Waals surface area contributed by atoms with Gasteiger partial charge in [-0.3, -0.25) is 4.79 Å². The first-order valence-electron chi connectivity index (χ1n) is 10.2. The lowest BCUT2D eigenvalue weighted by Gasteiger charge is -2.29. The van der Waals surface area contributed by atoms with Crippen molar-refractivity contribution in [1.29, 1.82) is 0 Å². The molecule has 0 bridgehead atoms. The number of rotatable bonds is 3. The average molecular weight is 433 g/mol. The molecule has 29 heavy (non-hydrogen) atoms. The minimum atomic E-state index is -3.73. The van der Waals surface area contributed by atoms with Crippen LogP contribution in [0.15, 0.2) is 47.4 Å². The van der Waals surface area contributed by atoms with Gasteiger partial charge >= 0.3 is 0 Å². The predicted molar refractivity (Wildman–Crippen MR) is 115 cm³/mol. The zero-order chi connectivity index (χ0) is 20.4. The number of anilines is 1. The maximum Gasteiger partial charge on any atom is 0.258 e. The van der Waals surface area contributed by atoms with Gasteiger partial charge in [0.05, 0.1) is 5.02 Å². The van der Waals surface area contributed by atoms with Gasteiger partial charge in [-0.1, -0.05) is 42.6 Å². The van der Waals surface area contributed by atoms with Crippen LogP contribution in [0, 0.1) is 0 Å². The lowest BCUT2D eigenvalue weighted by Crippen LogP contribution is -2.36. The fourth-order valence-electron chi connectivity index (χ4n) is 4.16. The second kappa shape index (κ2) is 8.46. The molecule has 2 aliphatic heterocycles. The van der Waals surface area contributed by atoms with E-state index in [1.54, 1.807) is 11.0 Å². The van der Waals surface area contributed by atoms with Crippen molar-refractivity contribution >= 4 is 33.2 Å². The Bertz CT molecular complexity index is 1010. The smallest absolute Gasteiger partial charge is 0.258 e. The number of carbonyl (C=O) groups is 1. The fourth-order valence-corrected chi connectivity index (χ4v) is 6.17. The van der Waals surface area contributed by atoms with Gasteiger partial charge in [0.1, 0.15) is 4.90 Å². The van der Waals surface area contributed by atoms with Crippen LogP contribution in [0.2, 0.25) is 5.02 Å². The number of aryl methyl sites for hydroxylation is 1. The van der Waals surface area contributed by atoms with Gasteiger partial charge in [0.15, 0.2) is 0 Å². The Labute approximate surface area is 177 Å². The summed E-state index contributed by atoms with van der Waals surface area (Å²) in [6, 6.07) is 12.5. The number of para-hydroxylation sites is 1. The third-order valence-electron chi connectivity index (χ3n) is 5.72. The Hall–Kier alpha value is -1.89. The maximum absolute atomic E-state index is 13.3. The van der Waals surface area contributed by atoms with Gasteiger partial charge in [0, 0.05) is 30.9 Å². The molecule has 0 radical (unpaired) electrons. The van der Waals surface area contributed by atoms with Crippen LogP contribution in [-0.2, 0) is 16.4 Å². The molecular formula is C22H25ClN2O3S. The van der Waals surface area contributed by atoms with Crippen LogP contribution in [0.5, 0.6) is 0 Å². The zero-order valence-corrected chi connectivity index (χ0v) is 17.9. The summed E-state index contributed by atoms with van der Waals surface area (Å²) in [6.07, 6.45) is 5.59. The Kier molecular flexibility index (Phi) is 5.95. The Morgan fingerprint density at radius 3 is 2.38 bits per heavy atom. The van der Waals surface area contributed by atoms with E-state index < -0.39 is 10.0 Å². The number of amides is 1. The lowest BCUT2D eigenvalue weighted by atomic mass is 10.0. The molecular weight excluding hydrogens is 408 g/mol. The van der Waals surface area contributed by atoms with E-state index in [2.05, 4.69) is 0 Å². The van der Waals surface area contributed by atoms with Crippen molar-refractivity contribution in [1.82, 2.24) is 4.31 Å². The second-order valence-electron chi connectivity index (χ2n) is 7.65. The standard InChI is InChI=1S/C22H25ClN2O3S/c23-19-12-11-18(16-21(19)29(27,28)24-13-5-1-2-6-14-24)22(26)25-15-7-9-17-8-3-4-10-20(17)25/h3-4,8,10-12,16H,1-2,5-7,9,13-15H2. The highest BCUT2D eigenvalue weighted by molar-refractivity contribution is 7.89. The number of nitrogens with zero attached hydrogens (tertiary/aromatic N) is 2. The van der Waals surface area contributed by atoms with Gasteiger partial charge in [-0.05, 0) is 55.5 Å². The molecule has 1 fully saturated rings. The molecule has 0 aromatic heterocycles. The van der Waals surface area contributed by atoms with Gasteiger partial charge < -0.3 is 4.90 Å². The van der Waals surface area contributed by atoms with E-state index in [9.17, 15) is 13.2 Å². The molecule has 2 aromatic carbocycles. The van der Waals surface area contributed by atoms with Gasteiger partial charge in [-0.2, -0.15) is 4.31 Å². The van der Waals surface area contributed by atoms with Crippen molar-refractivity contribution in [3.63, 3.8) is 0 Å². The van der Waals surface area contributed by atoms with Crippen LogP contribution in [-0.4, -0.2) is 38.3 Å². The lowest BCUT2D eigenvalue weighted by molar-refractivity contribution is 0.0985. The number of hydrogen-bond donors (Lipinski definition) is 0. The van der Waals surface area contributed by atoms with Gasteiger partial charge in [-0.25, -0.2) is 8.42 Å². The fraction of sp³-hybridized carbons (Fsp3) is 0.409. The minimum Gasteiger partial charge on any atom is -0.308 e. The zero-order valence-electron chi connectivity index (χ0n) is 16.3. The molecule has 0 saturated carbocycles. The number of fused-ring (bicyclic) bond motifs is 1. The van der Waals surface area contributed by atoms with E-state index in [0.29, 0.717) is 25.2 Å². The topological polar surface area (TPSA) is 57.7 Å². The van der Waals surface area contributed by atoms with Crippen LogP contribution >= 0.6 is 11.6 Å². The quantitative estimate of drug-likeness (QED) is 0.717. The summed E-state index contributed by atoms with van der Waals surface area (Å²) in [5.41, 5.74) is 2.38. The minimum absolute atomic E-state index is 0.0252. The number of hydrogen-bond acceptors (Lipinski definition) is 3. The summed E-state index contributed by atoms with van der Waals surface area (Å²) in [7, 11) is -3.73. The summed E-state index contributed by atoms with van der Waals surface area (Å²) in [4.78, 5) is 15.0. The summed E-state index contributed by atoms with van der Waals surface area (Å²) < 4.78 is 28.0. The highest BCUT2D eigenvalue weighted by atomic mass is 35.5. The molecule has 2 aliphatic rings. The summed E-state index contributed by atoms with van der Waals surface area (Å²) in [6.45, 7) is 1.61. The highest BCUT2D eigenvalue weighted by Gasteiger charge is 2.30. The number of sulfonamides is 1. The first kappa shape index (κ1) is 20.4. The highest BCUT2D eigenvalue weighted by Crippen LogP contribution is 2.31. The van der Waals surface area contributed by atoms with E-state index in [4.69, 9.17) is 11.6 Å².